The molecule has 4 rings (SSSR count). The molecule has 6 nitrogen and oxygen atoms in total. The van der Waals surface area contributed by atoms with Crippen molar-refractivity contribution in [1.29, 1.82) is 0 Å². The van der Waals surface area contributed by atoms with Gasteiger partial charge in [0.2, 0.25) is 0 Å². The van der Waals surface area contributed by atoms with E-state index in [0.717, 1.165) is 41.1 Å². The summed E-state index contributed by atoms with van der Waals surface area (Å²) in [7, 11) is 1.65. The molecule has 0 N–H and O–H groups in total. The SMILES string of the molecule is COCCCN1C(=O)C(=Cc2cn(-c3ccccc3)nc2-c2ccc(OCCC(C)C)cc2)SC1=S. The number of benzene rings is 2. The summed E-state index contributed by atoms with van der Waals surface area (Å²) in [5.41, 5.74) is 3.53. The first-order valence-electron chi connectivity index (χ1n) is 12.1. The molecule has 0 radical (unpaired) electrons. The lowest BCUT2D eigenvalue weighted by molar-refractivity contribution is -0.122. The summed E-state index contributed by atoms with van der Waals surface area (Å²) in [6.07, 6.45) is 5.59. The fourth-order valence-electron chi connectivity index (χ4n) is 3.75. The van der Waals surface area contributed by atoms with Gasteiger partial charge in [-0.1, -0.05) is 56.0 Å². The predicted molar refractivity (Wildman–Crippen MR) is 150 cm³/mol. The number of thioether (sulfide) groups is 1. The topological polar surface area (TPSA) is 56.6 Å². The molecule has 2 heterocycles. The fourth-order valence-corrected chi connectivity index (χ4v) is 5.05. The maximum absolute atomic E-state index is 13.1. The second-order valence-corrected chi connectivity index (χ2v) is 10.6. The summed E-state index contributed by atoms with van der Waals surface area (Å²) >= 11 is 6.81. The first kappa shape index (κ1) is 26.1. The lowest BCUT2D eigenvalue weighted by atomic mass is 10.1. The third-order valence-corrected chi connectivity index (χ3v) is 7.12. The van der Waals surface area contributed by atoms with Gasteiger partial charge in [0.05, 0.1) is 22.9 Å². The molecule has 1 fully saturated rings. The van der Waals surface area contributed by atoms with E-state index in [2.05, 4.69) is 13.8 Å². The van der Waals surface area contributed by atoms with Crippen LogP contribution in [-0.2, 0) is 9.53 Å². The quantitative estimate of drug-likeness (QED) is 0.170. The van der Waals surface area contributed by atoms with Gasteiger partial charge in [0, 0.05) is 37.6 Å². The summed E-state index contributed by atoms with van der Waals surface area (Å²) in [5.74, 6) is 1.36. The molecule has 36 heavy (non-hydrogen) atoms. The molecule has 0 atom stereocenters. The van der Waals surface area contributed by atoms with Gasteiger partial charge in [0.25, 0.3) is 5.91 Å². The largest absolute Gasteiger partial charge is 0.494 e. The Balaban J connectivity index is 1.63. The van der Waals surface area contributed by atoms with Crippen molar-refractivity contribution in [3.8, 4) is 22.7 Å². The molecular formula is C28H31N3O3S2. The van der Waals surface area contributed by atoms with Crippen molar-refractivity contribution in [2.45, 2.75) is 26.7 Å². The van der Waals surface area contributed by atoms with E-state index in [4.69, 9.17) is 26.8 Å². The molecule has 1 aliphatic rings. The summed E-state index contributed by atoms with van der Waals surface area (Å²) in [6, 6.07) is 17.9. The van der Waals surface area contributed by atoms with E-state index in [0.29, 0.717) is 34.9 Å². The predicted octanol–water partition coefficient (Wildman–Crippen LogP) is 6.20. The minimum Gasteiger partial charge on any atom is -0.494 e. The van der Waals surface area contributed by atoms with Gasteiger partial charge in [-0.3, -0.25) is 9.69 Å². The van der Waals surface area contributed by atoms with Crippen molar-refractivity contribution in [2.24, 2.45) is 5.92 Å². The van der Waals surface area contributed by atoms with Crippen LogP contribution in [0.4, 0.5) is 0 Å². The average molecular weight is 522 g/mol. The molecule has 2 aromatic carbocycles. The molecule has 0 aliphatic carbocycles. The summed E-state index contributed by atoms with van der Waals surface area (Å²) in [5, 5.41) is 4.88. The third-order valence-electron chi connectivity index (χ3n) is 5.75. The Morgan fingerprint density at radius 3 is 2.53 bits per heavy atom. The molecule has 1 aromatic heterocycles. The maximum atomic E-state index is 13.1. The highest BCUT2D eigenvalue weighted by Crippen LogP contribution is 2.35. The number of aromatic nitrogens is 2. The van der Waals surface area contributed by atoms with E-state index in [9.17, 15) is 4.79 Å². The van der Waals surface area contributed by atoms with E-state index in [1.165, 1.54) is 11.8 Å². The second-order valence-electron chi connectivity index (χ2n) is 8.95. The van der Waals surface area contributed by atoms with Gasteiger partial charge in [-0.2, -0.15) is 5.10 Å². The zero-order valence-corrected chi connectivity index (χ0v) is 22.5. The van der Waals surface area contributed by atoms with Crippen LogP contribution < -0.4 is 4.74 Å². The van der Waals surface area contributed by atoms with Crippen molar-refractivity contribution < 1.29 is 14.3 Å². The number of carbonyl (C=O) groups is 1. The number of methoxy groups -OCH3 is 1. The number of ether oxygens (including phenoxy) is 2. The lowest BCUT2D eigenvalue weighted by Crippen LogP contribution is -2.29. The van der Waals surface area contributed by atoms with Crippen LogP contribution in [0.25, 0.3) is 23.0 Å². The maximum Gasteiger partial charge on any atom is 0.266 e. The lowest BCUT2D eigenvalue weighted by Gasteiger charge is -2.13. The molecule has 0 bridgehead atoms. The Bertz CT molecular complexity index is 1220. The Morgan fingerprint density at radius 2 is 1.83 bits per heavy atom. The van der Waals surface area contributed by atoms with Crippen LogP contribution in [-0.4, -0.2) is 51.8 Å². The highest BCUT2D eigenvalue weighted by molar-refractivity contribution is 8.26. The van der Waals surface area contributed by atoms with E-state index >= 15 is 0 Å². The van der Waals surface area contributed by atoms with E-state index in [1.807, 2.05) is 71.6 Å². The normalized spacial score (nSPS) is 14.9. The highest BCUT2D eigenvalue weighted by atomic mass is 32.2. The second kappa shape index (κ2) is 12.3. The Hall–Kier alpha value is -2.94. The van der Waals surface area contributed by atoms with Gasteiger partial charge in [-0.25, -0.2) is 4.68 Å². The van der Waals surface area contributed by atoms with Gasteiger partial charge in [0.15, 0.2) is 0 Å². The number of hydrogen-bond acceptors (Lipinski definition) is 6. The fraction of sp³-hybridized carbons (Fsp3) is 0.321. The average Bonchev–Trinajstić information content (AvgIpc) is 3.41. The van der Waals surface area contributed by atoms with Crippen molar-refractivity contribution in [2.75, 3.05) is 26.9 Å². The third kappa shape index (κ3) is 6.43. The van der Waals surface area contributed by atoms with Crippen molar-refractivity contribution in [3.05, 3.63) is 71.3 Å². The van der Waals surface area contributed by atoms with Gasteiger partial charge in [-0.15, -0.1) is 0 Å². The molecule has 8 heteroatoms. The highest BCUT2D eigenvalue weighted by Gasteiger charge is 2.32. The summed E-state index contributed by atoms with van der Waals surface area (Å²) in [6.45, 7) is 6.19. The molecular weight excluding hydrogens is 490 g/mol. The molecule has 1 saturated heterocycles. The zero-order chi connectivity index (χ0) is 25.5. The number of amides is 1. The van der Waals surface area contributed by atoms with Crippen LogP contribution in [0.2, 0.25) is 0 Å². The minimum atomic E-state index is -0.0755. The minimum absolute atomic E-state index is 0.0755. The van der Waals surface area contributed by atoms with Crippen molar-refractivity contribution in [3.63, 3.8) is 0 Å². The molecule has 188 valence electrons. The van der Waals surface area contributed by atoms with Crippen LogP contribution in [0.3, 0.4) is 0 Å². The van der Waals surface area contributed by atoms with Gasteiger partial charge in [-0.05, 0) is 61.2 Å². The van der Waals surface area contributed by atoms with E-state index in [1.54, 1.807) is 12.0 Å². The molecule has 1 aliphatic heterocycles. The summed E-state index contributed by atoms with van der Waals surface area (Å²) in [4.78, 5) is 15.3. The number of para-hydroxylation sites is 1. The number of thiocarbonyl (C=S) groups is 1. The number of hydrogen-bond donors (Lipinski definition) is 0. The summed E-state index contributed by atoms with van der Waals surface area (Å²) < 4.78 is 13.4. The Labute approximate surface area is 222 Å². The van der Waals surface area contributed by atoms with Crippen LogP contribution in [0.15, 0.2) is 65.7 Å². The van der Waals surface area contributed by atoms with Crippen molar-refractivity contribution in [1.82, 2.24) is 14.7 Å². The molecule has 1 amide bonds. The van der Waals surface area contributed by atoms with Gasteiger partial charge >= 0.3 is 0 Å². The molecule has 0 saturated carbocycles. The van der Waals surface area contributed by atoms with Gasteiger partial charge < -0.3 is 9.47 Å². The number of nitrogens with zero attached hydrogens (tertiary/aromatic N) is 3. The molecule has 3 aromatic rings. The van der Waals surface area contributed by atoms with Gasteiger partial charge in [0.1, 0.15) is 10.1 Å². The smallest absolute Gasteiger partial charge is 0.266 e. The van der Waals surface area contributed by atoms with Crippen LogP contribution in [0.5, 0.6) is 5.75 Å². The first-order chi connectivity index (χ1) is 17.5. The molecule has 0 unspecified atom stereocenters. The zero-order valence-electron chi connectivity index (χ0n) is 20.8. The van der Waals surface area contributed by atoms with Crippen LogP contribution in [0.1, 0.15) is 32.3 Å². The first-order valence-corrected chi connectivity index (χ1v) is 13.3. The van der Waals surface area contributed by atoms with Crippen molar-refractivity contribution >= 4 is 40.3 Å². The molecule has 0 spiro atoms. The van der Waals surface area contributed by atoms with Crippen LogP contribution in [0, 0.1) is 5.92 Å². The number of carbonyl (C=O) groups excluding carboxylic acids is 1. The van der Waals surface area contributed by atoms with Crippen LogP contribution >= 0.6 is 24.0 Å². The van der Waals surface area contributed by atoms with E-state index < -0.39 is 0 Å². The standard InChI is InChI=1S/C28H31N3O3S2/c1-20(2)14-17-34-24-12-10-21(11-13-24)26-22(19-31(29-26)23-8-5-4-6-9-23)18-25-27(32)30(28(35)36-25)15-7-16-33-3/h4-6,8-13,18-20H,7,14-17H2,1-3H3. The Morgan fingerprint density at radius 1 is 1.08 bits per heavy atom. The van der Waals surface area contributed by atoms with E-state index in [-0.39, 0.29) is 5.91 Å². The number of rotatable bonds is 11. The Kier molecular flexibility index (Phi) is 8.96. The monoisotopic (exact) mass is 521 g/mol.